The highest BCUT2D eigenvalue weighted by Crippen LogP contribution is 2.41. The third-order valence-electron chi connectivity index (χ3n) is 4.50. The molecule has 3 rings (SSSR count). The topological polar surface area (TPSA) is 80.0 Å². The Balaban J connectivity index is 2.05. The minimum absolute atomic E-state index is 0.194. The lowest BCUT2D eigenvalue weighted by Crippen LogP contribution is -2.28. The van der Waals surface area contributed by atoms with E-state index in [0.29, 0.717) is 23.9 Å². The third-order valence-corrected chi connectivity index (χ3v) is 4.50. The molecule has 2 aromatic rings. The van der Waals surface area contributed by atoms with Gasteiger partial charge in [0.05, 0.1) is 19.6 Å². The highest BCUT2D eigenvalue weighted by atomic mass is 16.7. The zero-order valence-electron chi connectivity index (χ0n) is 14.9. The number of esters is 1. The van der Waals surface area contributed by atoms with Crippen molar-refractivity contribution in [3.05, 3.63) is 53.6 Å². The van der Waals surface area contributed by atoms with Gasteiger partial charge in [-0.05, 0) is 30.7 Å². The quantitative estimate of drug-likeness (QED) is 0.768. The van der Waals surface area contributed by atoms with Gasteiger partial charge in [-0.3, -0.25) is 4.79 Å². The molecule has 0 aromatic heterocycles. The minimum atomic E-state index is -0.587. The van der Waals surface area contributed by atoms with Gasteiger partial charge in [0.15, 0.2) is 11.5 Å². The molecule has 138 valence electrons. The van der Waals surface area contributed by atoms with Gasteiger partial charge < -0.3 is 24.7 Å². The molecule has 2 unspecified atom stereocenters. The summed E-state index contributed by atoms with van der Waals surface area (Å²) in [4.78, 5) is 12.8. The van der Waals surface area contributed by atoms with E-state index < -0.39 is 5.92 Å². The lowest BCUT2D eigenvalue weighted by atomic mass is 9.81. The van der Waals surface area contributed by atoms with Crippen LogP contribution in [0.5, 0.6) is 17.2 Å². The first-order valence-corrected chi connectivity index (χ1v) is 8.58. The van der Waals surface area contributed by atoms with Gasteiger partial charge in [0.2, 0.25) is 6.79 Å². The van der Waals surface area contributed by atoms with Crippen molar-refractivity contribution in [1.29, 1.82) is 0 Å². The summed E-state index contributed by atoms with van der Waals surface area (Å²) in [6.07, 6.45) is 0. The lowest BCUT2D eigenvalue weighted by Gasteiger charge is -2.26. The molecular formula is C20H23NO5. The predicted octanol–water partition coefficient (Wildman–Crippen LogP) is 2.81. The first-order chi connectivity index (χ1) is 12.7. The fraction of sp³-hybridized carbons (Fsp3) is 0.350. The zero-order chi connectivity index (χ0) is 18.5. The maximum absolute atomic E-state index is 12.8. The van der Waals surface area contributed by atoms with Crippen LogP contribution in [-0.4, -0.2) is 33.0 Å². The van der Waals surface area contributed by atoms with E-state index in [2.05, 4.69) is 0 Å². The summed E-state index contributed by atoms with van der Waals surface area (Å²) in [5.41, 5.74) is 7.73. The van der Waals surface area contributed by atoms with Crippen LogP contribution in [-0.2, 0) is 9.53 Å². The fourth-order valence-electron chi connectivity index (χ4n) is 3.27. The molecule has 0 spiro atoms. The number of carbonyl (C=O) groups excluding carboxylic acids is 1. The van der Waals surface area contributed by atoms with Crippen LogP contribution in [0.1, 0.15) is 29.9 Å². The first kappa shape index (κ1) is 18.1. The van der Waals surface area contributed by atoms with E-state index in [1.54, 1.807) is 14.0 Å². The van der Waals surface area contributed by atoms with Gasteiger partial charge >= 0.3 is 5.97 Å². The summed E-state index contributed by atoms with van der Waals surface area (Å²) in [7, 11) is 1.58. The number of benzene rings is 2. The van der Waals surface area contributed by atoms with Gasteiger partial charge in [-0.2, -0.15) is 0 Å². The molecule has 0 fully saturated rings. The van der Waals surface area contributed by atoms with Crippen LogP contribution in [0.15, 0.2) is 42.5 Å². The Bertz CT molecular complexity index is 777. The summed E-state index contributed by atoms with van der Waals surface area (Å²) >= 11 is 0. The van der Waals surface area contributed by atoms with Gasteiger partial charge in [0, 0.05) is 18.0 Å². The Morgan fingerprint density at radius 1 is 1.19 bits per heavy atom. The molecule has 2 atom stereocenters. The Labute approximate surface area is 152 Å². The highest BCUT2D eigenvalue weighted by molar-refractivity contribution is 5.81. The average molecular weight is 357 g/mol. The van der Waals surface area contributed by atoms with E-state index in [9.17, 15) is 4.79 Å². The number of methoxy groups -OCH3 is 1. The number of rotatable bonds is 7. The predicted molar refractivity (Wildman–Crippen MR) is 96.7 cm³/mol. The molecule has 26 heavy (non-hydrogen) atoms. The van der Waals surface area contributed by atoms with Crippen LogP contribution in [0.4, 0.5) is 0 Å². The van der Waals surface area contributed by atoms with E-state index >= 15 is 0 Å². The summed E-state index contributed by atoms with van der Waals surface area (Å²) in [5, 5.41) is 0. The minimum Gasteiger partial charge on any atom is -0.496 e. The molecule has 1 aliphatic heterocycles. The van der Waals surface area contributed by atoms with Gasteiger partial charge in [-0.25, -0.2) is 0 Å². The molecular weight excluding hydrogens is 334 g/mol. The Hall–Kier alpha value is -2.73. The van der Waals surface area contributed by atoms with Gasteiger partial charge in [0.1, 0.15) is 5.75 Å². The molecule has 0 bridgehead atoms. The van der Waals surface area contributed by atoms with E-state index in [1.165, 1.54) is 0 Å². The van der Waals surface area contributed by atoms with Crippen molar-refractivity contribution in [1.82, 2.24) is 0 Å². The van der Waals surface area contributed by atoms with Crippen LogP contribution in [0.2, 0.25) is 0 Å². The van der Waals surface area contributed by atoms with Crippen molar-refractivity contribution >= 4 is 5.97 Å². The number of hydrogen-bond donors (Lipinski definition) is 1. The van der Waals surface area contributed by atoms with Crippen LogP contribution in [0.3, 0.4) is 0 Å². The normalized spacial score (nSPS) is 14.6. The van der Waals surface area contributed by atoms with E-state index in [4.69, 9.17) is 24.7 Å². The zero-order valence-corrected chi connectivity index (χ0v) is 14.9. The van der Waals surface area contributed by atoms with E-state index in [1.807, 2.05) is 42.5 Å². The van der Waals surface area contributed by atoms with E-state index in [-0.39, 0.29) is 25.2 Å². The number of ether oxygens (including phenoxy) is 4. The molecule has 2 aromatic carbocycles. The smallest absolute Gasteiger partial charge is 0.314 e. The number of para-hydroxylation sites is 1. The second-order valence-electron chi connectivity index (χ2n) is 5.93. The lowest BCUT2D eigenvalue weighted by molar-refractivity contribution is -0.145. The van der Waals surface area contributed by atoms with Crippen LogP contribution < -0.4 is 19.9 Å². The maximum atomic E-state index is 12.8. The Morgan fingerprint density at radius 2 is 1.96 bits per heavy atom. The second-order valence-corrected chi connectivity index (χ2v) is 5.93. The van der Waals surface area contributed by atoms with E-state index in [0.717, 1.165) is 11.1 Å². The Kier molecular flexibility index (Phi) is 5.63. The molecule has 6 nitrogen and oxygen atoms in total. The largest absolute Gasteiger partial charge is 0.496 e. The summed E-state index contributed by atoms with van der Waals surface area (Å²) in [6.45, 7) is 2.54. The summed E-state index contributed by atoms with van der Waals surface area (Å²) in [5.74, 6) is 0.768. The van der Waals surface area contributed by atoms with Crippen LogP contribution >= 0.6 is 0 Å². The molecule has 0 aliphatic carbocycles. The van der Waals surface area contributed by atoms with Crippen molar-refractivity contribution in [3.63, 3.8) is 0 Å². The van der Waals surface area contributed by atoms with Crippen molar-refractivity contribution < 1.29 is 23.7 Å². The van der Waals surface area contributed by atoms with Gasteiger partial charge in [0.25, 0.3) is 0 Å². The molecule has 1 heterocycles. The summed E-state index contributed by atoms with van der Waals surface area (Å²) in [6, 6.07) is 13.1. The number of carbonyl (C=O) groups is 1. The molecule has 0 saturated carbocycles. The van der Waals surface area contributed by atoms with Crippen molar-refractivity contribution in [2.24, 2.45) is 5.73 Å². The number of fused-ring (bicyclic) bond motifs is 1. The molecule has 0 saturated heterocycles. The molecule has 0 amide bonds. The maximum Gasteiger partial charge on any atom is 0.314 e. The summed E-state index contributed by atoms with van der Waals surface area (Å²) < 4.78 is 21.7. The fourth-order valence-corrected chi connectivity index (χ4v) is 3.27. The first-order valence-electron chi connectivity index (χ1n) is 8.58. The van der Waals surface area contributed by atoms with Gasteiger partial charge in [-0.15, -0.1) is 0 Å². The second kappa shape index (κ2) is 8.10. The average Bonchev–Trinajstić information content (AvgIpc) is 3.14. The molecule has 6 heteroatoms. The SMILES string of the molecule is CCOC(=O)C(c1ccccc1OC)C(CN)c1ccc2c(c1)OCO2. The molecule has 0 radical (unpaired) electrons. The van der Waals surface area contributed by atoms with Crippen molar-refractivity contribution in [2.45, 2.75) is 18.8 Å². The van der Waals surface area contributed by atoms with Crippen LogP contribution in [0.25, 0.3) is 0 Å². The van der Waals surface area contributed by atoms with Crippen LogP contribution in [0, 0.1) is 0 Å². The molecule has 1 aliphatic rings. The highest BCUT2D eigenvalue weighted by Gasteiger charge is 2.34. The number of nitrogens with two attached hydrogens (primary N) is 1. The standard InChI is InChI=1S/C20H23NO5/c1-3-24-20(22)19(14-6-4-5-7-16(14)23-2)15(11-21)13-8-9-17-18(10-13)26-12-25-17/h4-10,15,19H,3,11-12,21H2,1-2H3. The molecule has 2 N–H and O–H groups in total. The third kappa shape index (κ3) is 3.46. The van der Waals surface area contributed by atoms with Crippen molar-refractivity contribution in [2.75, 3.05) is 27.1 Å². The Morgan fingerprint density at radius 3 is 2.69 bits per heavy atom. The van der Waals surface area contributed by atoms with Crippen molar-refractivity contribution in [3.8, 4) is 17.2 Å². The monoisotopic (exact) mass is 357 g/mol. The number of hydrogen-bond acceptors (Lipinski definition) is 6. The van der Waals surface area contributed by atoms with Gasteiger partial charge in [-0.1, -0.05) is 24.3 Å².